The number of benzene rings is 2. The van der Waals surface area contributed by atoms with Crippen molar-refractivity contribution in [2.75, 3.05) is 0 Å². The van der Waals surface area contributed by atoms with Crippen LogP contribution in [0.3, 0.4) is 0 Å². The molecule has 6 nitrogen and oxygen atoms in total. The topological polar surface area (TPSA) is 91.4 Å². The largest absolute Gasteiger partial charge is 0.480 e. The first kappa shape index (κ1) is 18.4. The highest BCUT2D eigenvalue weighted by Gasteiger charge is 2.23. The van der Waals surface area contributed by atoms with E-state index in [1.165, 1.54) is 6.20 Å². The summed E-state index contributed by atoms with van der Waals surface area (Å²) >= 11 is 0. The van der Waals surface area contributed by atoms with Gasteiger partial charge in [-0.15, -0.1) is 0 Å². The van der Waals surface area contributed by atoms with Gasteiger partial charge in [0.25, 0.3) is 0 Å². The van der Waals surface area contributed by atoms with Gasteiger partial charge >= 0.3 is 12.1 Å². The number of hydrogen-bond acceptors (Lipinski definition) is 3. The van der Waals surface area contributed by atoms with Gasteiger partial charge in [0.2, 0.25) is 0 Å². The molecule has 0 spiro atoms. The maximum absolute atomic E-state index is 13.5. The Hall–Kier alpha value is -3.42. The third kappa shape index (κ3) is 4.41. The van der Waals surface area contributed by atoms with Gasteiger partial charge in [-0.3, -0.25) is 0 Å². The van der Waals surface area contributed by atoms with Crippen LogP contribution in [0.25, 0.3) is 10.9 Å². The van der Waals surface area contributed by atoms with E-state index in [2.05, 4.69) is 10.3 Å². The number of carboxylic acid groups (broad SMARTS) is 1. The molecule has 1 atom stereocenters. The van der Waals surface area contributed by atoms with Gasteiger partial charge in [0.05, 0.1) is 0 Å². The molecule has 140 valence electrons. The predicted molar refractivity (Wildman–Crippen MR) is 93.1 cm³/mol. The van der Waals surface area contributed by atoms with Gasteiger partial charge in [-0.1, -0.05) is 30.3 Å². The van der Waals surface area contributed by atoms with Gasteiger partial charge < -0.3 is 20.1 Å². The lowest BCUT2D eigenvalue weighted by Gasteiger charge is -2.14. The molecule has 1 aromatic heterocycles. The number of carboxylic acids is 1. The molecule has 3 N–H and O–H groups in total. The summed E-state index contributed by atoms with van der Waals surface area (Å²) in [5.41, 5.74) is 1.52. The lowest BCUT2D eigenvalue weighted by molar-refractivity contribution is -0.139. The number of carbonyl (C=O) groups is 2. The number of amides is 1. The molecule has 0 aliphatic carbocycles. The van der Waals surface area contributed by atoms with Crippen molar-refractivity contribution in [2.24, 2.45) is 0 Å². The van der Waals surface area contributed by atoms with Gasteiger partial charge in [-0.05, 0) is 17.2 Å². The van der Waals surface area contributed by atoms with E-state index in [0.29, 0.717) is 16.5 Å². The SMILES string of the molecule is O=C(NC(Cc1c[nH]c2cc(F)c(F)cc12)C(=O)O)OCc1ccccc1. The summed E-state index contributed by atoms with van der Waals surface area (Å²) in [4.78, 5) is 26.1. The second kappa shape index (κ2) is 7.86. The molecule has 0 fully saturated rings. The molecule has 1 unspecified atom stereocenters. The number of hydrogen-bond donors (Lipinski definition) is 3. The Morgan fingerprint density at radius 1 is 1.15 bits per heavy atom. The molecule has 0 saturated heterocycles. The fourth-order valence-corrected chi connectivity index (χ4v) is 2.67. The number of fused-ring (bicyclic) bond motifs is 1. The van der Waals surface area contributed by atoms with Crippen molar-refractivity contribution in [3.05, 3.63) is 71.4 Å². The summed E-state index contributed by atoms with van der Waals surface area (Å²) in [6, 6.07) is 9.61. The molecule has 0 bridgehead atoms. The van der Waals surface area contributed by atoms with Crippen molar-refractivity contribution in [1.29, 1.82) is 0 Å². The van der Waals surface area contributed by atoms with Crippen molar-refractivity contribution < 1.29 is 28.2 Å². The van der Waals surface area contributed by atoms with Crippen molar-refractivity contribution in [2.45, 2.75) is 19.1 Å². The highest BCUT2D eigenvalue weighted by molar-refractivity contribution is 5.85. The minimum Gasteiger partial charge on any atom is -0.480 e. The maximum Gasteiger partial charge on any atom is 0.408 e. The first-order valence-corrected chi connectivity index (χ1v) is 8.09. The molecule has 0 saturated carbocycles. The van der Waals surface area contributed by atoms with Crippen LogP contribution in [-0.4, -0.2) is 28.2 Å². The Morgan fingerprint density at radius 3 is 2.56 bits per heavy atom. The highest BCUT2D eigenvalue weighted by atomic mass is 19.2. The molecule has 3 rings (SSSR count). The van der Waals surface area contributed by atoms with Gasteiger partial charge in [0, 0.05) is 29.6 Å². The minimum absolute atomic E-state index is 0.00339. The lowest BCUT2D eigenvalue weighted by Crippen LogP contribution is -2.42. The second-order valence-corrected chi connectivity index (χ2v) is 5.93. The molecular formula is C19H16F2N2O4. The predicted octanol–water partition coefficient (Wildman–Crippen LogP) is 3.37. The molecule has 0 aliphatic heterocycles. The number of aromatic nitrogens is 1. The molecule has 27 heavy (non-hydrogen) atoms. The summed E-state index contributed by atoms with van der Waals surface area (Å²) in [5.74, 6) is -3.32. The van der Waals surface area contributed by atoms with E-state index >= 15 is 0 Å². The summed E-state index contributed by atoms with van der Waals surface area (Å²) in [6.07, 6.45) is 0.445. The van der Waals surface area contributed by atoms with E-state index in [1.807, 2.05) is 6.07 Å². The number of nitrogens with one attached hydrogen (secondary N) is 2. The standard InChI is InChI=1S/C19H16F2N2O4/c20-14-7-13-12(9-22-16(13)8-15(14)21)6-17(18(24)25)23-19(26)27-10-11-4-2-1-3-5-11/h1-5,7-9,17,22H,6,10H2,(H,23,26)(H,24,25). The summed E-state index contributed by atoms with van der Waals surface area (Å²) in [6.45, 7) is -0.00339. The molecule has 8 heteroatoms. The zero-order valence-electron chi connectivity index (χ0n) is 14.0. The lowest BCUT2D eigenvalue weighted by atomic mass is 10.0. The minimum atomic E-state index is -1.29. The Labute approximate surface area is 152 Å². The van der Waals surface area contributed by atoms with Crippen LogP contribution in [0.5, 0.6) is 0 Å². The number of H-pyrrole nitrogens is 1. The van der Waals surface area contributed by atoms with Crippen LogP contribution in [0.2, 0.25) is 0 Å². The van der Waals surface area contributed by atoms with Crippen LogP contribution < -0.4 is 5.32 Å². The van der Waals surface area contributed by atoms with Crippen LogP contribution in [0.15, 0.2) is 48.7 Å². The number of aliphatic carboxylic acids is 1. The van der Waals surface area contributed by atoms with Gasteiger partial charge in [-0.25, -0.2) is 18.4 Å². The number of aromatic amines is 1. The van der Waals surface area contributed by atoms with E-state index in [0.717, 1.165) is 17.7 Å². The molecule has 1 amide bonds. The van der Waals surface area contributed by atoms with E-state index in [-0.39, 0.29) is 13.0 Å². The second-order valence-electron chi connectivity index (χ2n) is 5.93. The molecular weight excluding hydrogens is 358 g/mol. The first-order valence-electron chi connectivity index (χ1n) is 8.09. The Bertz CT molecular complexity index is 973. The molecule has 2 aromatic carbocycles. The first-order chi connectivity index (χ1) is 12.9. The third-order valence-electron chi connectivity index (χ3n) is 4.04. The monoisotopic (exact) mass is 374 g/mol. The quantitative estimate of drug-likeness (QED) is 0.617. The van der Waals surface area contributed by atoms with Crippen LogP contribution in [-0.2, 0) is 22.6 Å². The maximum atomic E-state index is 13.5. The van der Waals surface area contributed by atoms with E-state index in [4.69, 9.17) is 4.74 Å². The Morgan fingerprint density at radius 2 is 1.85 bits per heavy atom. The number of halogens is 2. The Balaban J connectivity index is 1.68. The number of ether oxygens (including phenoxy) is 1. The van der Waals surface area contributed by atoms with Crippen molar-refractivity contribution in [1.82, 2.24) is 10.3 Å². The van der Waals surface area contributed by atoms with Crippen LogP contribution in [0, 0.1) is 11.6 Å². The molecule has 1 heterocycles. The number of carbonyl (C=O) groups excluding carboxylic acids is 1. The fraction of sp³-hybridized carbons (Fsp3) is 0.158. The van der Waals surface area contributed by atoms with E-state index in [1.54, 1.807) is 24.3 Å². The van der Waals surface area contributed by atoms with Gasteiger partial charge in [0.15, 0.2) is 11.6 Å². The zero-order chi connectivity index (χ0) is 19.4. The van der Waals surface area contributed by atoms with Gasteiger partial charge in [-0.2, -0.15) is 0 Å². The smallest absolute Gasteiger partial charge is 0.408 e. The van der Waals surface area contributed by atoms with Crippen molar-refractivity contribution in [3.8, 4) is 0 Å². The average Bonchev–Trinajstić information content (AvgIpc) is 3.02. The third-order valence-corrected chi connectivity index (χ3v) is 4.04. The molecule has 0 aliphatic rings. The highest BCUT2D eigenvalue weighted by Crippen LogP contribution is 2.22. The number of rotatable bonds is 6. The number of alkyl carbamates (subject to hydrolysis) is 1. The summed E-state index contributed by atoms with van der Waals surface area (Å²) < 4.78 is 31.8. The normalized spacial score (nSPS) is 11.9. The molecule has 0 radical (unpaired) electrons. The fourth-order valence-electron chi connectivity index (χ4n) is 2.67. The Kier molecular flexibility index (Phi) is 5.35. The average molecular weight is 374 g/mol. The van der Waals surface area contributed by atoms with Crippen molar-refractivity contribution >= 4 is 23.0 Å². The van der Waals surface area contributed by atoms with Crippen LogP contribution in [0.1, 0.15) is 11.1 Å². The van der Waals surface area contributed by atoms with Gasteiger partial charge in [0.1, 0.15) is 12.6 Å². The van der Waals surface area contributed by atoms with Crippen LogP contribution in [0.4, 0.5) is 13.6 Å². The van der Waals surface area contributed by atoms with E-state index in [9.17, 15) is 23.5 Å². The summed E-state index contributed by atoms with van der Waals surface area (Å²) in [5, 5.41) is 12.0. The zero-order valence-corrected chi connectivity index (χ0v) is 14.0. The van der Waals surface area contributed by atoms with Crippen LogP contribution >= 0.6 is 0 Å². The van der Waals surface area contributed by atoms with E-state index < -0.39 is 29.7 Å². The van der Waals surface area contributed by atoms with Crippen molar-refractivity contribution in [3.63, 3.8) is 0 Å². The molecule has 3 aromatic rings. The summed E-state index contributed by atoms with van der Waals surface area (Å²) in [7, 11) is 0.